The highest BCUT2D eigenvalue weighted by molar-refractivity contribution is 5.79. The van der Waals surface area contributed by atoms with Crippen LogP contribution in [0, 0.1) is 0 Å². The average Bonchev–Trinajstić information content (AvgIpc) is 1.96. The quantitative estimate of drug-likeness (QED) is 0.571. The van der Waals surface area contributed by atoms with Crippen LogP contribution >= 0.6 is 0 Å². The molecule has 0 aromatic carbocycles. The van der Waals surface area contributed by atoms with Gasteiger partial charge in [-0.1, -0.05) is 0 Å². The molecule has 92 valence electrons. The number of piperidine rings is 1. The number of carboxylic acids is 1. The van der Waals surface area contributed by atoms with E-state index in [1.807, 2.05) is 0 Å². The van der Waals surface area contributed by atoms with Crippen LogP contribution in [0.1, 0.15) is 40.5 Å². The largest absolute Gasteiger partial charge is 0.498 e. The minimum absolute atomic E-state index is 0.0173. The molecule has 0 spiro atoms. The number of ether oxygens (including phenoxy) is 1. The lowest BCUT2D eigenvalue weighted by molar-refractivity contribution is -0.131. The van der Waals surface area contributed by atoms with Crippen LogP contribution in [0.2, 0.25) is 0 Å². The predicted octanol–water partition coefficient (Wildman–Crippen LogP) is 1.91. The van der Waals surface area contributed by atoms with E-state index in [-0.39, 0.29) is 17.2 Å². The van der Waals surface area contributed by atoms with E-state index in [1.54, 1.807) is 0 Å². The van der Waals surface area contributed by atoms with Gasteiger partial charge in [-0.15, -0.1) is 0 Å². The van der Waals surface area contributed by atoms with Gasteiger partial charge in [-0.05, 0) is 27.7 Å². The summed E-state index contributed by atoms with van der Waals surface area (Å²) in [5, 5.41) is 12.0. The Bertz CT molecular complexity index is 279. The smallest absolute Gasteiger partial charge is 0.331 e. The summed E-state index contributed by atoms with van der Waals surface area (Å²) in [7, 11) is 0. The molecule has 4 heteroatoms. The summed E-state index contributed by atoms with van der Waals surface area (Å²) in [5.41, 5.74) is 0.0347. The highest BCUT2D eigenvalue weighted by Crippen LogP contribution is 2.30. The van der Waals surface area contributed by atoms with Gasteiger partial charge in [0.25, 0.3) is 0 Å². The van der Waals surface area contributed by atoms with Gasteiger partial charge in [-0.3, -0.25) is 0 Å². The van der Waals surface area contributed by atoms with Crippen molar-refractivity contribution in [3.63, 3.8) is 0 Å². The van der Waals surface area contributed by atoms with Crippen LogP contribution in [0.3, 0.4) is 0 Å². The second-order valence-corrected chi connectivity index (χ2v) is 5.70. The first-order chi connectivity index (χ1) is 7.20. The van der Waals surface area contributed by atoms with Gasteiger partial charge in [0.15, 0.2) is 0 Å². The standard InChI is InChI=1S/C12H21NO3/c1-11(2)7-9(8-12(3,4)13-11)16-6-5-10(14)15/h5-6,9,13H,7-8H2,1-4H3,(H,14,15). The molecule has 1 heterocycles. The summed E-state index contributed by atoms with van der Waals surface area (Å²) < 4.78 is 5.46. The molecule has 0 aromatic heterocycles. The number of aliphatic carboxylic acids is 1. The molecule has 1 rings (SSSR count). The molecule has 4 nitrogen and oxygen atoms in total. The Labute approximate surface area is 96.7 Å². The summed E-state index contributed by atoms with van der Waals surface area (Å²) in [4.78, 5) is 10.3. The number of nitrogens with one attached hydrogen (secondary N) is 1. The fourth-order valence-electron chi connectivity index (χ4n) is 2.53. The summed E-state index contributed by atoms with van der Waals surface area (Å²) >= 11 is 0. The summed E-state index contributed by atoms with van der Waals surface area (Å²) in [6, 6.07) is 0. The summed E-state index contributed by atoms with van der Waals surface area (Å²) in [5.74, 6) is -0.979. The van der Waals surface area contributed by atoms with Gasteiger partial charge in [0.1, 0.15) is 6.10 Å². The molecule has 0 unspecified atom stereocenters. The highest BCUT2D eigenvalue weighted by atomic mass is 16.5. The molecule has 0 aromatic rings. The molecule has 1 fully saturated rings. The highest BCUT2D eigenvalue weighted by Gasteiger charge is 2.38. The van der Waals surface area contributed by atoms with E-state index in [1.165, 1.54) is 6.26 Å². The van der Waals surface area contributed by atoms with Crippen molar-refractivity contribution in [1.82, 2.24) is 5.32 Å². The molecular weight excluding hydrogens is 206 g/mol. The number of rotatable bonds is 3. The molecule has 0 aliphatic carbocycles. The Morgan fingerprint density at radius 3 is 2.25 bits per heavy atom. The van der Waals surface area contributed by atoms with Crippen LogP contribution in [0.25, 0.3) is 0 Å². The minimum atomic E-state index is -0.979. The molecule has 0 radical (unpaired) electrons. The van der Waals surface area contributed by atoms with Crippen molar-refractivity contribution in [3.05, 3.63) is 12.3 Å². The van der Waals surface area contributed by atoms with Gasteiger partial charge in [0, 0.05) is 23.9 Å². The second kappa shape index (κ2) is 4.45. The Hall–Kier alpha value is -1.03. The Kier molecular flexibility index (Phi) is 3.63. The molecule has 2 N–H and O–H groups in total. The van der Waals surface area contributed by atoms with E-state index in [0.29, 0.717) is 0 Å². The fraction of sp³-hybridized carbons (Fsp3) is 0.750. The maximum absolute atomic E-state index is 10.3. The van der Waals surface area contributed by atoms with E-state index in [0.717, 1.165) is 18.9 Å². The lowest BCUT2D eigenvalue weighted by Gasteiger charge is -2.45. The van der Waals surface area contributed by atoms with Gasteiger partial charge in [-0.2, -0.15) is 0 Å². The zero-order chi connectivity index (χ0) is 12.4. The van der Waals surface area contributed by atoms with Gasteiger partial charge in [0.05, 0.1) is 12.3 Å². The van der Waals surface area contributed by atoms with Crippen molar-refractivity contribution in [2.24, 2.45) is 0 Å². The first-order valence-electron chi connectivity index (χ1n) is 5.54. The third-order valence-electron chi connectivity index (χ3n) is 2.63. The number of hydrogen-bond acceptors (Lipinski definition) is 3. The first kappa shape index (κ1) is 13.0. The maximum Gasteiger partial charge on any atom is 0.331 e. The van der Waals surface area contributed by atoms with Crippen LogP contribution < -0.4 is 5.32 Å². The summed E-state index contributed by atoms with van der Waals surface area (Å²) in [6.07, 6.45) is 4.13. The van der Waals surface area contributed by atoms with Crippen LogP contribution in [-0.2, 0) is 9.53 Å². The van der Waals surface area contributed by atoms with Gasteiger partial charge >= 0.3 is 5.97 Å². The SMILES string of the molecule is CC1(C)CC(OC=CC(=O)O)CC(C)(C)N1. The Balaban J connectivity index is 2.57. The number of carbonyl (C=O) groups is 1. The minimum Gasteiger partial charge on any atom is -0.498 e. The Morgan fingerprint density at radius 2 is 1.81 bits per heavy atom. The molecular formula is C12H21NO3. The first-order valence-corrected chi connectivity index (χ1v) is 5.54. The van der Waals surface area contributed by atoms with Crippen LogP contribution in [0.15, 0.2) is 12.3 Å². The lowest BCUT2D eigenvalue weighted by Crippen LogP contribution is -2.59. The van der Waals surface area contributed by atoms with E-state index < -0.39 is 5.97 Å². The average molecular weight is 227 g/mol. The second-order valence-electron chi connectivity index (χ2n) is 5.70. The molecule has 1 aliphatic rings. The molecule has 0 saturated carbocycles. The molecule has 16 heavy (non-hydrogen) atoms. The monoisotopic (exact) mass is 227 g/mol. The van der Waals surface area contributed by atoms with Crippen molar-refractivity contribution in [2.45, 2.75) is 57.7 Å². The van der Waals surface area contributed by atoms with Crippen molar-refractivity contribution < 1.29 is 14.6 Å². The third kappa shape index (κ3) is 4.23. The molecule has 1 saturated heterocycles. The molecule has 0 bridgehead atoms. The topological polar surface area (TPSA) is 58.6 Å². The van der Waals surface area contributed by atoms with Crippen LogP contribution in [-0.4, -0.2) is 28.3 Å². The third-order valence-corrected chi connectivity index (χ3v) is 2.63. The van der Waals surface area contributed by atoms with E-state index in [2.05, 4.69) is 33.0 Å². The zero-order valence-corrected chi connectivity index (χ0v) is 10.4. The van der Waals surface area contributed by atoms with Crippen molar-refractivity contribution in [1.29, 1.82) is 0 Å². The number of hydrogen-bond donors (Lipinski definition) is 2. The number of carboxylic acid groups (broad SMARTS) is 1. The fourth-order valence-corrected chi connectivity index (χ4v) is 2.53. The lowest BCUT2D eigenvalue weighted by atomic mass is 9.81. The Morgan fingerprint density at radius 1 is 1.31 bits per heavy atom. The maximum atomic E-state index is 10.3. The summed E-state index contributed by atoms with van der Waals surface area (Å²) in [6.45, 7) is 8.52. The normalized spacial score (nSPS) is 24.5. The van der Waals surface area contributed by atoms with Gasteiger partial charge < -0.3 is 15.2 Å². The van der Waals surface area contributed by atoms with Crippen LogP contribution in [0.4, 0.5) is 0 Å². The molecule has 0 atom stereocenters. The van der Waals surface area contributed by atoms with Crippen molar-refractivity contribution >= 4 is 5.97 Å². The van der Waals surface area contributed by atoms with Gasteiger partial charge in [-0.25, -0.2) is 4.79 Å². The van der Waals surface area contributed by atoms with E-state index >= 15 is 0 Å². The van der Waals surface area contributed by atoms with Crippen molar-refractivity contribution in [2.75, 3.05) is 0 Å². The van der Waals surface area contributed by atoms with E-state index in [9.17, 15) is 4.79 Å². The van der Waals surface area contributed by atoms with E-state index in [4.69, 9.17) is 9.84 Å². The van der Waals surface area contributed by atoms with Gasteiger partial charge in [0.2, 0.25) is 0 Å². The van der Waals surface area contributed by atoms with Crippen LogP contribution in [0.5, 0.6) is 0 Å². The molecule has 0 amide bonds. The molecule has 1 aliphatic heterocycles. The van der Waals surface area contributed by atoms with Crippen molar-refractivity contribution in [3.8, 4) is 0 Å². The zero-order valence-electron chi connectivity index (χ0n) is 10.4. The predicted molar refractivity (Wildman–Crippen MR) is 62.2 cm³/mol.